The van der Waals surface area contributed by atoms with E-state index >= 15 is 0 Å². The Morgan fingerprint density at radius 1 is 1.16 bits per heavy atom. The van der Waals surface area contributed by atoms with Gasteiger partial charge in [-0.15, -0.1) is 0 Å². The standard InChI is InChI=1S/C16H28N2O/c1-14(2)9-6-4-5-7-12-17-13-15-10-8-11-16(18-15)19-3/h8,10-11,14,17H,4-7,9,12-13H2,1-3H3. The molecule has 0 saturated carbocycles. The van der Waals surface area contributed by atoms with E-state index in [4.69, 9.17) is 4.74 Å². The van der Waals surface area contributed by atoms with Gasteiger partial charge in [0.25, 0.3) is 0 Å². The van der Waals surface area contributed by atoms with Gasteiger partial charge in [-0.25, -0.2) is 4.98 Å². The van der Waals surface area contributed by atoms with Crippen LogP contribution in [-0.4, -0.2) is 18.6 Å². The SMILES string of the molecule is COc1cccc(CNCCCCCCC(C)C)n1. The highest BCUT2D eigenvalue weighted by molar-refractivity contribution is 5.15. The number of nitrogens with zero attached hydrogens (tertiary/aromatic N) is 1. The molecule has 0 aromatic carbocycles. The molecule has 0 amide bonds. The van der Waals surface area contributed by atoms with Crippen LogP contribution in [0.15, 0.2) is 18.2 Å². The molecule has 3 heteroatoms. The van der Waals surface area contributed by atoms with Crippen LogP contribution < -0.4 is 10.1 Å². The fourth-order valence-corrected chi connectivity index (χ4v) is 2.04. The van der Waals surface area contributed by atoms with Crippen molar-refractivity contribution in [1.29, 1.82) is 0 Å². The van der Waals surface area contributed by atoms with Crippen molar-refractivity contribution in [3.05, 3.63) is 23.9 Å². The zero-order valence-corrected chi connectivity index (χ0v) is 12.6. The molecule has 108 valence electrons. The fraction of sp³-hybridized carbons (Fsp3) is 0.688. The van der Waals surface area contributed by atoms with Crippen molar-refractivity contribution >= 4 is 0 Å². The van der Waals surface area contributed by atoms with Crippen LogP contribution in [0, 0.1) is 5.92 Å². The van der Waals surface area contributed by atoms with Gasteiger partial charge in [0.15, 0.2) is 0 Å². The number of pyridine rings is 1. The minimum atomic E-state index is 0.688. The van der Waals surface area contributed by atoms with Gasteiger partial charge in [0.1, 0.15) is 0 Å². The van der Waals surface area contributed by atoms with Crippen molar-refractivity contribution in [2.45, 2.75) is 52.5 Å². The van der Waals surface area contributed by atoms with Crippen molar-refractivity contribution in [3.63, 3.8) is 0 Å². The van der Waals surface area contributed by atoms with Crippen molar-refractivity contribution in [2.24, 2.45) is 5.92 Å². The maximum Gasteiger partial charge on any atom is 0.213 e. The summed E-state index contributed by atoms with van der Waals surface area (Å²) in [5.41, 5.74) is 1.04. The van der Waals surface area contributed by atoms with Crippen LogP contribution in [0.25, 0.3) is 0 Å². The molecule has 19 heavy (non-hydrogen) atoms. The van der Waals surface area contributed by atoms with E-state index in [2.05, 4.69) is 24.1 Å². The Bertz CT molecular complexity index is 339. The number of ether oxygens (including phenoxy) is 1. The zero-order valence-electron chi connectivity index (χ0n) is 12.6. The maximum atomic E-state index is 5.11. The topological polar surface area (TPSA) is 34.1 Å². The zero-order chi connectivity index (χ0) is 13.9. The summed E-state index contributed by atoms with van der Waals surface area (Å²) in [5.74, 6) is 1.53. The van der Waals surface area contributed by atoms with Crippen LogP contribution in [0.2, 0.25) is 0 Å². The second-order valence-electron chi connectivity index (χ2n) is 5.44. The smallest absolute Gasteiger partial charge is 0.213 e. The van der Waals surface area contributed by atoms with Gasteiger partial charge < -0.3 is 10.1 Å². The molecule has 1 aromatic rings. The molecule has 0 aliphatic rings. The highest BCUT2D eigenvalue weighted by atomic mass is 16.5. The van der Waals surface area contributed by atoms with E-state index in [9.17, 15) is 0 Å². The van der Waals surface area contributed by atoms with Crippen LogP contribution >= 0.6 is 0 Å². The van der Waals surface area contributed by atoms with Gasteiger partial charge in [0.2, 0.25) is 5.88 Å². The molecule has 0 saturated heterocycles. The molecular weight excluding hydrogens is 236 g/mol. The molecule has 1 N–H and O–H groups in total. The minimum Gasteiger partial charge on any atom is -0.481 e. The first-order valence-corrected chi connectivity index (χ1v) is 7.43. The van der Waals surface area contributed by atoms with Crippen LogP contribution in [0.3, 0.4) is 0 Å². The third kappa shape index (κ3) is 7.83. The summed E-state index contributed by atoms with van der Waals surface area (Å²) in [5, 5.41) is 3.43. The molecular formula is C16H28N2O. The third-order valence-electron chi connectivity index (χ3n) is 3.18. The Kier molecular flexibility index (Phi) is 8.23. The van der Waals surface area contributed by atoms with Gasteiger partial charge in [0.05, 0.1) is 12.8 Å². The molecule has 0 radical (unpaired) electrons. The van der Waals surface area contributed by atoms with Crippen molar-refractivity contribution in [3.8, 4) is 5.88 Å². The van der Waals surface area contributed by atoms with E-state index in [0.717, 1.165) is 24.7 Å². The van der Waals surface area contributed by atoms with Crippen LogP contribution in [-0.2, 0) is 6.54 Å². The summed E-state index contributed by atoms with van der Waals surface area (Å²) in [6.45, 7) is 6.48. The van der Waals surface area contributed by atoms with Gasteiger partial charge in [-0.1, -0.05) is 45.6 Å². The Balaban J connectivity index is 2.01. The molecule has 0 aliphatic carbocycles. The normalized spacial score (nSPS) is 10.9. The molecule has 0 aliphatic heterocycles. The van der Waals surface area contributed by atoms with Crippen molar-refractivity contribution in [2.75, 3.05) is 13.7 Å². The second-order valence-corrected chi connectivity index (χ2v) is 5.44. The summed E-state index contributed by atoms with van der Waals surface area (Å²) in [6.07, 6.45) is 6.67. The van der Waals surface area contributed by atoms with E-state index in [1.165, 1.54) is 32.1 Å². The quantitative estimate of drug-likeness (QED) is 0.653. The number of unbranched alkanes of at least 4 members (excludes halogenated alkanes) is 3. The first kappa shape index (κ1) is 16.0. The largest absolute Gasteiger partial charge is 0.481 e. The van der Waals surface area contributed by atoms with Gasteiger partial charge in [0, 0.05) is 12.6 Å². The van der Waals surface area contributed by atoms with Gasteiger partial charge in [-0.3, -0.25) is 0 Å². The van der Waals surface area contributed by atoms with E-state index in [1.54, 1.807) is 7.11 Å². The van der Waals surface area contributed by atoms with Gasteiger partial charge in [-0.2, -0.15) is 0 Å². The van der Waals surface area contributed by atoms with Crippen molar-refractivity contribution in [1.82, 2.24) is 10.3 Å². The first-order chi connectivity index (χ1) is 9.22. The lowest BCUT2D eigenvalue weighted by atomic mass is 10.0. The predicted molar refractivity (Wildman–Crippen MR) is 80.4 cm³/mol. The monoisotopic (exact) mass is 264 g/mol. The molecule has 1 rings (SSSR count). The van der Waals surface area contributed by atoms with E-state index in [0.29, 0.717) is 5.88 Å². The molecule has 0 atom stereocenters. The van der Waals surface area contributed by atoms with Crippen LogP contribution in [0.5, 0.6) is 5.88 Å². The molecule has 0 spiro atoms. The predicted octanol–water partition coefficient (Wildman–Crippen LogP) is 3.79. The Labute approximate surface area is 117 Å². The first-order valence-electron chi connectivity index (χ1n) is 7.43. The fourth-order valence-electron chi connectivity index (χ4n) is 2.04. The average molecular weight is 264 g/mol. The molecule has 3 nitrogen and oxygen atoms in total. The lowest BCUT2D eigenvalue weighted by molar-refractivity contribution is 0.395. The average Bonchev–Trinajstić information content (AvgIpc) is 2.41. The molecule has 1 heterocycles. The lowest BCUT2D eigenvalue weighted by Gasteiger charge is -2.06. The van der Waals surface area contributed by atoms with Crippen molar-refractivity contribution < 1.29 is 4.74 Å². The summed E-state index contributed by atoms with van der Waals surface area (Å²) < 4.78 is 5.11. The minimum absolute atomic E-state index is 0.688. The number of nitrogens with one attached hydrogen (secondary N) is 1. The van der Waals surface area contributed by atoms with Crippen LogP contribution in [0.1, 0.15) is 51.6 Å². The van der Waals surface area contributed by atoms with E-state index in [-0.39, 0.29) is 0 Å². The molecule has 0 fully saturated rings. The Morgan fingerprint density at radius 3 is 2.68 bits per heavy atom. The molecule has 1 aromatic heterocycles. The number of hydrogen-bond donors (Lipinski definition) is 1. The summed E-state index contributed by atoms with van der Waals surface area (Å²) in [4.78, 5) is 4.37. The van der Waals surface area contributed by atoms with Gasteiger partial charge in [-0.05, 0) is 24.9 Å². The van der Waals surface area contributed by atoms with E-state index < -0.39 is 0 Å². The maximum absolute atomic E-state index is 5.11. The summed E-state index contributed by atoms with van der Waals surface area (Å²) in [7, 11) is 1.65. The summed E-state index contributed by atoms with van der Waals surface area (Å²) >= 11 is 0. The Hall–Kier alpha value is -1.09. The number of aromatic nitrogens is 1. The lowest BCUT2D eigenvalue weighted by Crippen LogP contribution is -2.15. The third-order valence-corrected chi connectivity index (χ3v) is 3.18. The Morgan fingerprint density at radius 2 is 1.95 bits per heavy atom. The number of methoxy groups -OCH3 is 1. The highest BCUT2D eigenvalue weighted by Crippen LogP contribution is 2.09. The van der Waals surface area contributed by atoms with Crippen LogP contribution in [0.4, 0.5) is 0 Å². The molecule has 0 unspecified atom stereocenters. The number of hydrogen-bond acceptors (Lipinski definition) is 3. The highest BCUT2D eigenvalue weighted by Gasteiger charge is 1.97. The van der Waals surface area contributed by atoms with Gasteiger partial charge >= 0.3 is 0 Å². The summed E-state index contributed by atoms with van der Waals surface area (Å²) in [6, 6.07) is 5.88. The molecule has 0 bridgehead atoms. The number of rotatable bonds is 10. The second kappa shape index (κ2) is 9.79. The van der Waals surface area contributed by atoms with E-state index in [1.807, 2.05) is 18.2 Å².